The van der Waals surface area contributed by atoms with E-state index >= 15 is 0 Å². The SMILES string of the molecule is COC(c1sc(-c2ccc(Cl)cc2)nc1C)C1CN(C(=O)OC(C)(C)C)CCO1. The van der Waals surface area contributed by atoms with Gasteiger partial charge in [-0.15, -0.1) is 11.3 Å². The van der Waals surface area contributed by atoms with Crippen LogP contribution in [-0.2, 0) is 14.2 Å². The minimum Gasteiger partial charge on any atom is -0.444 e. The van der Waals surface area contributed by atoms with Crippen molar-refractivity contribution in [3.8, 4) is 10.6 Å². The number of amides is 1. The average molecular weight is 439 g/mol. The molecule has 1 aliphatic heterocycles. The summed E-state index contributed by atoms with van der Waals surface area (Å²) in [6, 6.07) is 7.61. The number of benzene rings is 1. The van der Waals surface area contributed by atoms with Crippen molar-refractivity contribution in [2.75, 3.05) is 26.8 Å². The Morgan fingerprint density at radius 1 is 1.34 bits per heavy atom. The fourth-order valence-corrected chi connectivity index (χ4v) is 4.50. The van der Waals surface area contributed by atoms with Gasteiger partial charge in [-0.2, -0.15) is 0 Å². The third-order valence-electron chi connectivity index (χ3n) is 4.52. The molecule has 158 valence electrons. The van der Waals surface area contributed by atoms with Crippen LogP contribution in [0, 0.1) is 6.92 Å². The predicted molar refractivity (Wildman–Crippen MR) is 115 cm³/mol. The van der Waals surface area contributed by atoms with Gasteiger partial charge >= 0.3 is 6.09 Å². The molecule has 0 N–H and O–H groups in total. The Kier molecular flexibility index (Phi) is 6.83. The Labute approximate surface area is 180 Å². The highest BCUT2D eigenvalue weighted by molar-refractivity contribution is 7.15. The number of carbonyl (C=O) groups is 1. The maximum Gasteiger partial charge on any atom is 0.410 e. The number of nitrogens with zero attached hydrogens (tertiary/aromatic N) is 2. The molecule has 1 amide bonds. The maximum atomic E-state index is 12.5. The van der Waals surface area contributed by atoms with Crippen LogP contribution in [0.2, 0.25) is 5.02 Å². The van der Waals surface area contributed by atoms with E-state index in [1.807, 2.05) is 52.0 Å². The van der Waals surface area contributed by atoms with Crippen molar-refractivity contribution in [2.24, 2.45) is 0 Å². The topological polar surface area (TPSA) is 60.9 Å². The van der Waals surface area contributed by atoms with Gasteiger partial charge in [-0.05, 0) is 39.8 Å². The number of halogens is 1. The van der Waals surface area contributed by atoms with Gasteiger partial charge in [0.2, 0.25) is 0 Å². The summed E-state index contributed by atoms with van der Waals surface area (Å²) in [5.41, 5.74) is 1.36. The molecular formula is C21H27ClN2O4S. The minimum atomic E-state index is -0.534. The van der Waals surface area contributed by atoms with Gasteiger partial charge in [0.25, 0.3) is 0 Å². The Balaban J connectivity index is 1.78. The lowest BCUT2D eigenvalue weighted by Gasteiger charge is -2.36. The maximum absolute atomic E-state index is 12.5. The number of hydrogen-bond donors (Lipinski definition) is 0. The summed E-state index contributed by atoms with van der Waals surface area (Å²) in [5.74, 6) is 0. The van der Waals surface area contributed by atoms with Gasteiger partial charge < -0.3 is 19.1 Å². The van der Waals surface area contributed by atoms with Crippen LogP contribution in [0.15, 0.2) is 24.3 Å². The van der Waals surface area contributed by atoms with Gasteiger partial charge in [0.15, 0.2) is 0 Å². The molecule has 0 saturated carbocycles. The molecule has 1 aromatic carbocycles. The first kappa shape index (κ1) is 22.0. The molecule has 3 rings (SSSR count). The molecule has 0 aliphatic carbocycles. The predicted octanol–water partition coefficient (Wildman–Crippen LogP) is 5.10. The average Bonchev–Trinajstić information content (AvgIpc) is 3.03. The second-order valence-electron chi connectivity index (χ2n) is 7.97. The van der Waals surface area contributed by atoms with E-state index in [2.05, 4.69) is 0 Å². The molecule has 0 radical (unpaired) electrons. The summed E-state index contributed by atoms with van der Waals surface area (Å²) in [6.07, 6.45) is -0.944. The van der Waals surface area contributed by atoms with E-state index in [9.17, 15) is 4.79 Å². The number of thiazole rings is 1. The Bertz CT molecular complexity index is 847. The number of carbonyl (C=O) groups excluding carboxylic acids is 1. The van der Waals surface area contributed by atoms with Gasteiger partial charge in [-0.25, -0.2) is 9.78 Å². The first-order chi connectivity index (χ1) is 13.7. The highest BCUT2D eigenvalue weighted by atomic mass is 35.5. The van der Waals surface area contributed by atoms with Crippen LogP contribution in [0.5, 0.6) is 0 Å². The van der Waals surface area contributed by atoms with Gasteiger partial charge in [0, 0.05) is 24.2 Å². The smallest absolute Gasteiger partial charge is 0.410 e. The first-order valence-electron chi connectivity index (χ1n) is 9.53. The number of rotatable bonds is 4. The zero-order chi connectivity index (χ0) is 21.2. The number of aromatic nitrogens is 1. The molecule has 0 bridgehead atoms. The van der Waals surface area contributed by atoms with Crippen LogP contribution in [0.25, 0.3) is 10.6 Å². The van der Waals surface area contributed by atoms with E-state index < -0.39 is 5.60 Å². The van der Waals surface area contributed by atoms with Gasteiger partial charge in [-0.3, -0.25) is 0 Å². The molecule has 6 nitrogen and oxygen atoms in total. The van der Waals surface area contributed by atoms with Crippen LogP contribution in [0.4, 0.5) is 4.79 Å². The van der Waals surface area contributed by atoms with E-state index in [1.165, 1.54) is 0 Å². The molecule has 2 heterocycles. The van der Waals surface area contributed by atoms with E-state index in [0.29, 0.717) is 24.7 Å². The lowest BCUT2D eigenvalue weighted by molar-refractivity contribution is -0.101. The molecule has 1 saturated heterocycles. The Hall–Kier alpha value is -1.67. The van der Waals surface area contributed by atoms with Gasteiger partial charge in [-0.1, -0.05) is 23.7 Å². The number of ether oxygens (including phenoxy) is 3. The highest BCUT2D eigenvalue weighted by Crippen LogP contribution is 2.36. The van der Waals surface area contributed by atoms with Crippen LogP contribution < -0.4 is 0 Å². The van der Waals surface area contributed by atoms with Crippen molar-refractivity contribution < 1.29 is 19.0 Å². The molecule has 2 atom stereocenters. The molecule has 29 heavy (non-hydrogen) atoms. The van der Waals surface area contributed by atoms with Crippen molar-refractivity contribution in [3.05, 3.63) is 39.9 Å². The van der Waals surface area contributed by atoms with Crippen molar-refractivity contribution in [1.29, 1.82) is 0 Å². The third kappa shape index (κ3) is 5.48. The largest absolute Gasteiger partial charge is 0.444 e. The van der Waals surface area contributed by atoms with Crippen molar-refractivity contribution in [2.45, 2.75) is 45.5 Å². The first-order valence-corrected chi connectivity index (χ1v) is 10.7. The fourth-order valence-electron chi connectivity index (χ4n) is 3.17. The fraction of sp³-hybridized carbons (Fsp3) is 0.524. The summed E-state index contributed by atoms with van der Waals surface area (Å²) >= 11 is 7.56. The summed E-state index contributed by atoms with van der Waals surface area (Å²) < 4.78 is 17.3. The van der Waals surface area contributed by atoms with Gasteiger partial charge in [0.05, 0.1) is 23.7 Å². The van der Waals surface area contributed by atoms with E-state index in [4.69, 9.17) is 30.8 Å². The van der Waals surface area contributed by atoms with Crippen LogP contribution in [-0.4, -0.2) is 54.5 Å². The Morgan fingerprint density at radius 3 is 2.66 bits per heavy atom. The van der Waals surface area contributed by atoms with Crippen molar-refractivity contribution in [3.63, 3.8) is 0 Å². The molecule has 1 aliphatic rings. The number of hydrogen-bond acceptors (Lipinski definition) is 6. The van der Waals surface area contributed by atoms with Crippen LogP contribution >= 0.6 is 22.9 Å². The molecule has 1 aromatic heterocycles. The standard InChI is InChI=1S/C21H27ClN2O4S/c1-13-18(29-19(23-13)14-6-8-15(22)9-7-14)17(26-5)16-12-24(10-11-27-16)20(25)28-21(2,3)4/h6-9,16-17H,10-12H2,1-5H3. The number of morpholine rings is 1. The second kappa shape index (κ2) is 9.00. The summed E-state index contributed by atoms with van der Waals surface area (Å²) in [6.45, 7) is 8.89. The molecule has 2 unspecified atom stereocenters. The zero-order valence-corrected chi connectivity index (χ0v) is 19.0. The summed E-state index contributed by atoms with van der Waals surface area (Å²) in [4.78, 5) is 19.9. The quantitative estimate of drug-likeness (QED) is 0.664. The van der Waals surface area contributed by atoms with E-state index in [1.54, 1.807) is 23.3 Å². The summed E-state index contributed by atoms with van der Waals surface area (Å²) in [7, 11) is 1.65. The highest BCUT2D eigenvalue weighted by Gasteiger charge is 2.35. The number of aryl methyl sites for hydroxylation is 1. The van der Waals surface area contributed by atoms with Crippen molar-refractivity contribution >= 4 is 29.0 Å². The minimum absolute atomic E-state index is 0.293. The second-order valence-corrected chi connectivity index (χ2v) is 9.43. The monoisotopic (exact) mass is 438 g/mol. The molecular weight excluding hydrogens is 412 g/mol. The lowest BCUT2D eigenvalue weighted by atomic mass is 10.1. The lowest BCUT2D eigenvalue weighted by Crippen LogP contribution is -2.49. The van der Waals surface area contributed by atoms with E-state index in [0.717, 1.165) is 21.1 Å². The van der Waals surface area contributed by atoms with E-state index in [-0.39, 0.29) is 18.3 Å². The Morgan fingerprint density at radius 2 is 2.03 bits per heavy atom. The normalized spacial score (nSPS) is 18.6. The van der Waals surface area contributed by atoms with Gasteiger partial charge in [0.1, 0.15) is 22.8 Å². The van der Waals surface area contributed by atoms with Crippen LogP contribution in [0.3, 0.4) is 0 Å². The molecule has 2 aromatic rings. The van der Waals surface area contributed by atoms with Crippen LogP contribution in [0.1, 0.15) is 37.4 Å². The third-order valence-corrected chi connectivity index (χ3v) is 6.04. The number of methoxy groups -OCH3 is 1. The molecule has 1 fully saturated rings. The summed E-state index contributed by atoms with van der Waals surface area (Å²) in [5, 5.41) is 1.59. The zero-order valence-electron chi connectivity index (χ0n) is 17.4. The molecule has 0 spiro atoms. The van der Waals surface area contributed by atoms with Crippen molar-refractivity contribution in [1.82, 2.24) is 9.88 Å². The molecule has 8 heteroatoms.